The number of amides is 2. The highest BCUT2D eigenvalue weighted by Crippen LogP contribution is 2.43. The molecule has 1 atom stereocenters. The van der Waals surface area contributed by atoms with Gasteiger partial charge in [0.1, 0.15) is 18.2 Å². The Bertz CT molecular complexity index is 886. The van der Waals surface area contributed by atoms with Crippen LogP contribution in [0, 0.1) is 5.92 Å². The van der Waals surface area contributed by atoms with Crippen molar-refractivity contribution in [2.24, 2.45) is 5.92 Å². The van der Waals surface area contributed by atoms with Gasteiger partial charge in [-0.25, -0.2) is 0 Å². The minimum absolute atomic E-state index is 0.128. The van der Waals surface area contributed by atoms with Crippen LogP contribution < -0.4 is 19.9 Å². The first-order valence-corrected chi connectivity index (χ1v) is 11.5. The van der Waals surface area contributed by atoms with Crippen LogP contribution >= 0.6 is 0 Å². The summed E-state index contributed by atoms with van der Waals surface area (Å²) in [5.41, 5.74) is 1.47. The number of nitrogens with zero attached hydrogens (tertiary/aromatic N) is 2. The van der Waals surface area contributed by atoms with E-state index >= 15 is 0 Å². The number of anilines is 2. The van der Waals surface area contributed by atoms with E-state index < -0.39 is 5.60 Å². The van der Waals surface area contributed by atoms with Crippen molar-refractivity contribution in [1.29, 1.82) is 0 Å². The molecule has 2 amide bonds. The maximum absolute atomic E-state index is 12.4. The van der Waals surface area contributed by atoms with Gasteiger partial charge in [0, 0.05) is 25.9 Å². The number of ether oxygens (including phenoxy) is 2. The van der Waals surface area contributed by atoms with E-state index in [1.54, 1.807) is 0 Å². The minimum Gasteiger partial charge on any atom is -0.487 e. The smallest absolute Gasteiger partial charge is 0.306 e. The number of nitrogens with one attached hydrogen (secondary N) is 1. The molecule has 4 rings (SSSR count). The number of imide groups is 1. The zero-order valence-electron chi connectivity index (χ0n) is 19.2. The van der Waals surface area contributed by atoms with Crippen LogP contribution in [0.5, 0.6) is 5.75 Å². The second-order valence-electron chi connectivity index (χ2n) is 9.86. The van der Waals surface area contributed by atoms with Crippen molar-refractivity contribution in [3.8, 4) is 5.75 Å². The summed E-state index contributed by atoms with van der Waals surface area (Å²) in [7, 11) is 0. The third-order valence-electron chi connectivity index (χ3n) is 6.28. The average Bonchev–Trinajstić information content (AvgIpc) is 2.72. The maximum atomic E-state index is 12.4. The molecule has 8 nitrogen and oxygen atoms in total. The fourth-order valence-corrected chi connectivity index (χ4v) is 4.80. The van der Waals surface area contributed by atoms with Gasteiger partial charge in [-0.3, -0.25) is 19.7 Å². The summed E-state index contributed by atoms with van der Waals surface area (Å²) in [6.07, 6.45) is 3.16. The van der Waals surface area contributed by atoms with E-state index in [0.717, 1.165) is 43.1 Å². The number of carbonyl (C=O) groups is 3. The van der Waals surface area contributed by atoms with Crippen LogP contribution in [0.4, 0.5) is 11.4 Å². The molecule has 0 spiro atoms. The third-order valence-corrected chi connectivity index (χ3v) is 6.28. The standard InChI is InChI=1S/C24H33N3O5/c1-24(2,3)32-21(29)15-16-9-11-26(12-10-16)17-5-4-6-18-22(17)31-14-13-27(18)19-7-8-20(28)25-23(19)30/h4-6,16,19H,7-15H2,1-3H3,(H,25,28,30)/t19-/m1/s1. The van der Waals surface area contributed by atoms with Gasteiger partial charge >= 0.3 is 5.97 Å². The van der Waals surface area contributed by atoms with Gasteiger partial charge in [-0.2, -0.15) is 0 Å². The van der Waals surface area contributed by atoms with E-state index in [9.17, 15) is 14.4 Å². The number of para-hydroxylation sites is 1. The predicted octanol–water partition coefficient (Wildman–Crippen LogP) is 2.64. The molecule has 3 aliphatic heterocycles. The van der Waals surface area contributed by atoms with Crippen molar-refractivity contribution in [2.75, 3.05) is 36.0 Å². The van der Waals surface area contributed by atoms with E-state index in [1.165, 1.54) is 0 Å². The normalized spacial score (nSPS) is 22.2. The minimum atomic E-state index is -0.452. The SMILES string of the molecule is CC(C)(C)OC(=O)CC1CCN(c2cccc3c2OCCN3[C@@H]2CCC(=O)NC2=O)CC1. The monoisotopic (exact) mass is 443 g/mol. The highest BCUT2D eigenvalue weighted by molar-refractivity contribution is 6.02. The molecule has 0 saturated carbocycles. The quantitative estimate of drug-likeness (QED) is 0.565. The number of benzene rings is 1. The van der Waals surface area contributed by atoms with Crippen molar-refractivity contribution < 1.29 is 23.9 Å². The molecule has 32 heavy (non-hydrogen) atoms. The fourth-order valence-electron chi connectivity index (χ4n) is 4.80. The van der Waals surface area contributed by atoms with Gasteiger partial charge in [-0.15, -0.1) is 0 Å². The molecular formula is C24H33N3O5. The Morgan fingerprint density at radius 3 is 2.53 bits per heavy atom. The lowest BCUT2D eigenvalue weighted by Crippen LogP contribution is -2.54. The Kier molecular flexibility index (Phi) is 6.31. The largest absolute Gasteiger partial charge is 0.487 e. The number of hydrogen-bond acceptors (Lipinski definition) is 7. The first-order valence-electron chi connectivity index (χ1n) is 11.5. The van der Waals surface area contributed by atoms with E-state index in [0.29, 0.717) is 38.3 Å². The van der Waals surface area contributed by atoms with Crippen molar-refractivity contribution in [2.45, 2.75) is 64.5 Å². The molecule has 1 aromatic rings. The highest BCUT2D eigenvalue weighted by atomic mass is 16.6. The van der Waals surface area contributed by atoms with Crippen LogP contribution in [-0.2, 0) is 19.1 Å². The highest BCUT2D eigenvalue weighted by Gasteiger charge is 2.36. The maximum Gasteiger partial charge on any atom is 0.306 e. The van der Waals surface area contributed by atoms with Gasteiger partial charge in [0.15, 0.2) is 5.75 Å². The van der Waals surface area contributed by atoms with Crippen LogP contribution in [0.15, 0.2) is 18.2 Å². The molecule has 1 N–H and O–H groups in total. The lowest BCUT2D eigenvalue weighted by molar-refractivity contribution is -0.156. The predicted molar refractivity (Wildman–Crippen MR) is 121 cm³/mol. The van der Waals surface area contributed by atoms with E-state index in [1.807, 2.05) is 32.9 Å². The fraction of sp³-hybridized carbons (Fsp3) is 0.625. The van der Waals surface area contributed by atoms with Gasteiger partial charge in [0.25, 0.3) is 0 Å². The Morgan fingerprint density at radius 1 is 1.12 bits per heavy atom. The van der Waals surface area contributed by atoms with Gasteiger partial charge in [0.2, 0.25) is 11.8 Å². The molecule has 0 bridgehead atoms. The Hall–Kier alpha value is -2.77. The molecule has 8 heteroatoms. The van der Waals surface area contributed by atoms with Crippen molar-refractivity contribution in [3.63, 3.8) is 0 Å². The summed E-state index contributed by atoms with van der Waals surface area (Å²) in [6.45, 7) is 8.47. The summed E-state index contributed by atoms with van der Waals surface area (Å²) in [4.78, 5) is 40.6. The molecule has 0 aliphatic carbocycles. The average molecular weight is 444 g/mol. The number of esters is 1. The number of carbonyl (C=O) groups excluding carboxylic acids is 3. The van der Waals surface area contributed by atoms with Crippen molar-refractivity contribution >= 4 is 29.2 Å². The number of piperidine rings is 2. The molecule has 2 saturated heterocycles. The second-order valence-corrected chi connectivity index (χ2v) is 9.86. The first kappa shape index (κ1) is 22.4. The molecule has 2 fully saturated rings. The summed E-state index contributed by atoms with van der Waals surface area (Å²) in [5, 5.41) is 2.46. The summed E-state index contributed by atoms with van der Waals surface area (Å²) in [6, 6.07) is 5.68. The molecule has 0 unspecified atom stereocenters. The summed E-state index contributed by atoms with van der Waals surface area (Å²) >= 11 is 0. The topological polar surface area (TPSA) is 88.2 Å². The van der Waals surface area contributed by atoms with Crippen molar-refractivity contribution in [1.82, 2.24) is 5.32 Å². The number of fused-ring (bicyclic) bond motifs is 1. The lowest BCUT2D eigenvalue weighted by atomic mass is 9.93. The molecule has 0 radical (unpaired) electrons. The number of hydrogen-bond donors (Lipinski definition) is 1. The van der Waals surface area contributed by atoms with Gasteiger partial charge < -0.3 is 19.3 Å². The lowest BCUT2D eigenvalue weighted by Gasteiger charge is -2.40. The van der Waals surface area contributed by atoms with E-state index in [-0.39, 0.29) is 23.8 Å². The molecule has 3 aliphatic rings. The Morgan fingerprint density at radius 2 is 1.84 bits per heavy atom. The van der Waals surface area contributed by atoms with Gasteiger partial charge in [-0.1, -0.05) is 6.07 Å². The molecular weight excluding hydrogens is 410 g/mol. The Balaban J connectivity index is 1.43. The van der Waals surface area contributed by atoms with Crippen LogP contribution in [0.2, 0.25) is 0 Å². The molecule has 1 aromatic carbocycles. The van der Waals surface area contributed by atoms with Gasteiger partial charge in [0.05, 0.1) is 17.9 Å². The summed E-state index contributed by atoms with van der Waals surface area (Å²) in [5.74, 6) is 0.553. The van der Waals surface area contributed by atoms with Crippen LogP contribution in [0.1, 0.15) is 52.9 Å². The van der Waals surface area contributed by atoms with Crippen LogP contribution in [0.3, 0.4) is 0 Å². The van der Waals surface area contributed by atoms with E-state index in [2.05, 4.69) is 21.2 Å². The van der Waals surface area contributed by atoms with Gasteiger partial charge in [-0.05, 0) is 58.1 Å². The number of rotatable bonds is 4. The Labute approximate surface area is 189 Å². The first-order chi connectivity index (χ1) is 15.2. The second kappa shape index (κ2) is 9.00. The molecule has 3 heterocycles. The third kappa shape index (κ3) is 5.00. The van der Waals surface area contributed by atoms with Crippen LogP contribution in [-0.4, -0.2) is 55.7 Å². The van der Waals surface area contributed by atoms with Crippen LogP contribution in [0.25, 0.3) is 0 Å². The zero-order valence-corrected chi connectivity index (χ0v) is 19.2. The van der Waals surface area contributed by atoms with Crippen molar-refractivity contribution in [3.05, 3.63) is 18.2 Å². The molecule has 174 valence electrons. The van der Waals surface area contributed by atoms with E-state index in [4.69, 9.17) is 9.47 Å². The molecule has 0 aromatic heterocycles. The zero-order chi connectivity index (χ0) is 22.9. The summed E-state index contributed by atoms with van der Waals surface area (Å²) < 4.78 is 11.6.